The summed E-state index contributed by atoms with van der Waals surface area (Å²) in [6, 6.07) is 8.36. The highest BCUT2D eigenvalue weighted by Crippen LogP contribution is 2.28. The number of aryl methyl sites for hydroxylation is 1. The van der Waals surface area contributed by atoms with E-state index in [1.807, 2.05) is 0 Å². The standard InChI is InChI=1S/C14H22N2O/c1-11-3-5-13(6-4-11)16-14(10-17)7-8-15-9-12(14)2/h3-6,12,15-17H,7-10H2,1-2H3. The van der Waals surface area contributed by atoms with Crippen LogP contribution in [-0.2, 0) is 0 Å². The minimum absolute atomic E-state index is 0.180. The van der Waals surface area contributed by atoms with Gasteiger partial charge in [0.15, 0.2) is 0 Å². The number of benzene rings is 1. The molecule has 1 aromatic carbocycles. The summed E-state index contributed by atoms with van der Waals surface area (Å²) in [4.78, 5) is 0. The van der Waals surface area contributed by atoms with Crippen molar-refractivity contribution in [2.75, 3.05) is 25.0 Å². The van der Waals surface area contributed by atoms with E-state index in [0.717, 1.165) is 25.2 Å². The molecule has 2 unspecified atom stereocenters. The van der Waals surface area contributed by atoms with Gasteiger partial charge in [-0.1, -0.05) is 24.6 Å². The van der Waals surface area contributed by atoms with Crippen molar-refractivity contribution in [1.29, 1.82) is 0 Å². The molecule has 1 aliphatic heterocycles. The van der Waals surface area contributed by atoms with Crippen LogP contribution in [0.5, 0.6) is 0 Å². The third kappa shape index (κ3) is 2.61. The molecule has 1 aliphatic rings. The number of aliphatic hydroxyl groups excluding tert-OH is 1. The highest BCUT2D eigenvalue weighted by atomic mass is 16.3. The van der Waals surface area contributed by atoms with E-state index in [-0.39, 0.29) is 12.1 Å². The van der Waals surface area contributed by atoms with Crippen LogP contribution in [0.2, 0.25) is 0 Å². The molecule has 94 valence electrons. The summed E-state index contributed by atoms with van der Waals surface area (Å²) >= 11 is 0. The number of rotatable bonds is 3. The highest BCUT2D eigenvalue weighted by molar-refractivity contribution is 5.47. The Labute approximate surface area is 103 Å². The van der Waals surface area contributed by atoms with Gasteiger partial charge in [-0.2, -0.15) is 0 Å². The Morgan fingerprint density at radius 3 is 2.71 bits per heavy atom. The van der Waals surface area contributed by atoms with Gasteiger partial charge in [0.25, 0.3) is 0 Å². The summed E-state index contributed by atoms with van der Waals surface area (Å²) in [5, 5.41) is 16.6. The summed E-state index contributed by atoms with van der Waals surface area (Å²) in [5.41, 5.74) is 2.17. The summed E-state index contributed by atoms with van der Waals surface area (Å²) < 4.78 is 0. The zero-order chi connectivity index (χ0) is 12.3. The summed E-state index contributed by atoms with van der Waals surface area (Å²) in [5.74, 6) is 0.419. The second kappa shape index (κ2) is 5.07. The lowest BCUT2D eigenvalue weighted by Crippen LogP contribution is -2.56. The number of nitrogens with one attached hydrogen (secondary N) is 2. The van der Waals surface area contributed by atoms with Crippen molar-refractivity contribution >= 4 is 5.69 Å². The fourth-order valence-corrected chi connectivity index (χ4v) is 2.46. The fourth-order valence-electron chi connectivity index (χ4n) is 2.46. The van der Waals surface area contributed by atoms with E-state index in [0.29, 0.717) is 5.92 Å². The quantitative estimate of drug-likeness (QED) is 0.747. The van der Waals surface area contributed by atoms with Crippen molar-refractivity contribution in [3.05, 3.63) is 29.8 Å². The molecule has 1 saturated heterocycles. The predicted octanol–water partition coefficient (Wildman–Crippen LogP) is 1.77. The van der Waals surface area contributed by atoms with Gasteiger partial charge in [-0.05, 0) is 37.9 Å². The van der Waals surface area contributed by atoms with Gasteiger partial charge in [0, 0.05) is 12.2 Å². The van der Waals surface area contributed by atoms with Crippen LogP contribution >= 0.6 is 0 Å². The van der Waals surface area contributed by atoms with Crippen LogP contribution < -0.4 is 10.6 Å². The Balaban J connectivity index is 2.15. The van der Waals surface area contributed by atoms with E-state index in [4.69, 9.17) is 0 Å². The first-order chi connectivity index (χ1) is 8.16. The molecule has 0 amide bonds. The second-order valence-electron chi connectivity index (χ2n) is 5.16. The van der Waals surface area contributed by atoms with Gasteiger partial charge < -0.3 is 15.7 Å². The number of hydrogen-bond acceptors (Lipinski definition) is 3. The topological polar surface area (TPSA) is 44.3 Å². The molecule has 1 aromatic rings. The summed E-state index contributed by atoms with van der Waals surface area (Å²) in [6.07, 6.45) is 0.957. The van der Waals surface area contributed by atoms with Crippen LogP contribution in [0.4, 0.5) is 5.69 Å². The van der Waals surface area contributed by atoms with Crippen molar-refractivity contribution in [2.24, 2.45) is 5.92 Å². The van der Waals surface area contributed by atoms with Crippen LogP contribution in [0.3, 0.4) is 0 Å². The fraction of sp³-hybridized carbons (Fsp3) is 0.571. The number of aliphatic hydroxyl groups is 1. The van der Waals surface area contributed by atoms with Crippen LogP contribution in [-0.4, -0.2) is 30.3 Å². The van der Waals surface area contributed by atoms with E-state index >= 15 is 0 Å². The zero-order valence-corrected chi connectivity index (χ0v) is 10.7. The van der Waals surface area contributed by atoms with Crippen LogP contribution in [0, 0.1) is 12.8 Å². The third-order valence-corrected chi connectivity index (χ3v) is 3.87. The lowest BCUT2D eigenvalue weighted by atomic mass is 9.80. The van der Waals surface area contributed by atoms with Crippen molar-refractivity contribution in [1.82, 2.24) is 5.32 Å². The molecule has 17 heavy (non-hydrogen) atoms. The molecule has 3 N–H and O–H groups in total. The van der Waals surface area contributed by atoms with Gasteiger partial charge in [0.05, 0.1) is 12.1 Å². The lowest BCUT2D eigenvalue weighted by molar-refractivity contribution is 0.135. The van der Waals surface area contributed by atoms with E-state index in [1.165, 1.54) is 5.56 Å². The molecule has 3 heteroatoms. The van der Waals surface area contributed by atoms with E-state index in [9.17, 15) is 5.11 Å². The number of anilines is 1. The Morgan fingerprint density at radius 2 is 2.12 bits per heavy atom. The van der Waals surface area contributed by atoms with Crippen LogP contribution in [0.1, 0.15) is 18.9 Å². The molecule has 1 heterocycles. The van der Waals surface area contributed by atoms with Gasteiger partial charge in [-0.3, -0.25) is 0 Å². The van der Waals surface area contributed by atoms with Gasteiger partial charge in [-0.15, -0.1) is 0 Å². The van der Waals surface area contributed by atoms with E-state index in [1.54, 1.807) is 0 Å². The van der Waals surface area contributed by atoms with Gasteiger partial charge >= 0.3 is 0 Å². The zero-order valence-electron chi connectivity index (χ0n) is 10.7. The molecular formula is C14H22N2O. The molecular weight excluding hydrogens is 212 g/mol. The van der Waals surface area contributed by atoms with Gasteiger partial charge in [0.2, 0.25) is 0 Å². The molecule has 0 radical (unpaired) electrons. The second-order valence-corrected chi connectivity index (χ2v) is 5.16. The monoisotopic (exact) mass is 234 g/mol. The summed E-state index contributed by atoms with van der Waals surface area (Å²) in [7, 11) is 0. The van der Waals surface area contributed by atoms with Crippen molar-refractivity contribution in [3.8, 4) is 0 Å². The normalized spacial score (nSPS) is 29.0. The first-order valence-electron chi connectivity index (χ1n) is 6.33. The van der Waals surface area contributed by atoms with Crippen LogP contribution in [0.15, 0.2) is 24.3 Å². The Hall–Kier alpha value is -1.06. The molecule has 0 saturated carbocycles. The Kier molecular flexibility index (Phi) is 3.69. The number of hydrogen-bond donors (Lipinski definition) is 3. The smallest absolute Gasteiger partial charge is 0.0665 e. The van der Waals surface area contributed by atoms with Gasteiger partial charge in [0.1, 0.15) is 0 Å². The molecule has 0 aromatic heterocycles. The van der Waals surface area contributed by atoms with Crippen molar-refractivity contribution in [2.45, 2.75) is 25.8 Å². The molecule has 2 atom stereocenters. The minimum Gasteiger partial charge on any atom is -0.394 e. The SMILES string of the molecule is Cc1ccc(NC2(CO)CCNCC2C)cc1. The van der Waals surface area contributed by atoms with E-state index in [2.05, 4.69) is 48.7 Å². The summed E-state index contributed by atoms with van der Waals surface area (Å²) in [6.45, 7) is 6.37. The molecule has 0 spiro atoms. The molecule has 0 aliphatic carbocycles. The largest absolute Gasteiger partial charge is 0.394 e. The highest BCUT2D eigenvalue weighted by Gasteiger charge is 2.37. The Bertz CT molecular complexity index is 363. The van der Waals surface area contributed by atoms with Crippen molar-refractivity contribution in [3.63, 3.8) is 0 Å². The third-order valence-electron chi connectivity index (χ3n) is 3.87. The molecule has 1 fully saturated rings. The lowest BCUT2D eigenvalue weighted by Gasteiger charge is -2.43. The van der Waals surface area contributed by atoms with Crippen molar-refractivity contribution < 1.29 is 5.11 Å². The average Bonchev–Trinajstić information content (AvgIpc) is 2.35. The Morgan fingerprint density at radius 1 is 1.41 bits per heavy atom. The molecule has 0 bridgehead atoms. The van der Waals surface area contributed by atoms with E-state index < -0.39 is 0 Å². The first kappa shape index (κ1) is 12.4. The minimum atomic E-state index is -0.180. The maximum Gasteiger partial charge on any atom is 0.0665 e. The maximum atomic E-state index is 9.74. The molecule has 3 nitrogen and oxygen atoms in total. The maximum absolute atomic E-state index is 9.74. The first-order valence-corrected chi connectivity index (χ1v) is 6.33. The predicted molar refractivity (Wildman–Crippen MR) is 71.3 cm³/mol. The number of piperidine rings is 1. The van der Waals surface area contributed by atoms with Crippen LogP contribution in [0.25, 0.3) is 0 Å². The average molecular weight is 234 g/mol. The van der Waals surface area contributed by atoms with Gasteiger partial charge in [-0.25, -0.2) is 0 Å². The molecule has 2 rings (SSSR count).